The van der Waals surface area contributed by atoms with E-state index in [-0.39, 0.29) is 81.2 Å². The van der Waals surface area contributed by atoms with Crippen LogP contribution in [0.1, 0.15) is 64.2 Å². The number of aromatic nitrogens is 4. The van der Waals surface area contributed by atoms with Crippen molar-refractivity contribution < 1.29 is 75.5 Å². The third-order valence-corrected chi connectivity index (χ3v) is 16.6. The van der Waals surface area contributed by atoms with Gasteiger partial charge in [0, 0.05) is 110 Å². The Balaban J connectivity index is 0.00000205. The van der Waals surface area contributed by atoms with Crippen molar-refractivity contribution in [3.63, 3.8) is 0 Å². The molecule has 0 unspecified atom stereocenters. The number of hydrogen-bond acceptors (Lipinski definition) is 14. The lowest BCUT2D eigenvalue weighted by molar-refractivity contribution is -0.117. The highest BCUT2D eigenvalue weighted by Crippen LogP contribution is 2.32. The van der Waals surface area contributed by atoms with Crippen molar-refractivity contribution in [3.05, 3.63) is 185 Å². The van der Waals surface area contributed by atoms with Gasteiger partial charge in [-0.25, -0.2) is 0 Å². The van der Waals surface area contributed by atoms with Crippen molar-refractivity contribution in [2.75, 3.05) is 10.6 Å². The first-order chi connectivity index (χ1) is 39.4. The zero-order chi connectivity index (χ0) is 60.9. The smallest absolute Gasteiger partial charge is 0.346 e. The van der Waals surface area contributed by atoms with Crippen LogP contribution in [0.4, 0.5) is 11.4 Å². The fraction of sp³-hybridized carbons (Fsp3) is 0.140. The molecule has 84 heavy (non-hydrogen) atoms. The molecule has 4 heterocycles. The maximum absolute atomic E-state index is 13.8. The highest BCUT2D eigenvalue weighted by atomic mass is 32.2. The average molecular weight is 1220 g/mol. The molecule has 0 saturated heterocycles. The number of hydrogen-bond donors (Lipinski definition) is 5. The molecular formula is C57H48N6O17S4. The van der Waals surface area contributed by atoms with Gasteiger partial charge in [0.1, 0.15) is 27.0 Å². The Bertz CT molecular complexity index is 4940. The fourth-order valence-corrected chi connectivity index (χ4v) is 12.3. The molecule has 27 heteroatoms. The molecule has 6 aromatic carbocycles. The van der Waals surface area contributed by atoms with Crippen LogP contribution in [0.5, 0.6) is 0 Å². The Morgan fingerprint density at radius 2 is 0.881 bits per heavy atom. The van der Waals surface area contributed by atoms with Crippen LogP contribution in [0.2, 0.25) is 0 Å². The molecule has 10 rings (SSSR count). The molecule has 23 nitrogen and oxygen atoms in total. The first-order valence-corrected chi connectivity index (χ1v) is 30.2. The van der Waals surface area contributed by atoms with E-state index >= 15 is 0 Å². The predicted molar refractivity (Wildman–Crippen MR) is 308 cm³/mol. The summed E-state index contributed by atoms with van der Waals surface area (Å²) in [7, 11) is -10.6. The Hall–Kier alpha value is -9.22. The average Bonchev–Trinajstić information content (AvgIpc) is 2.66. The summed E-state index contributed by atoms with van der Waals surface area (Å²) in [5.74, 6) is -1.61. The zero-order valence-electron chi connectivity index (χ0n) is 44.6. The van der Waals surface area contributed by atoms with Gasteiger partial charge in [-0.2, -0.15) is 25.3 Å². The number of anilines is 2. The normalized spacial score (nSPS) is 11.9. The quantitative estimate of drug-likeness (QED) is 0.0448. The predicted octanol–water partition coefficient (Wildman–Crippen LogP) is 7.10. The highest BCUT2D eigenvalue weighted by Gasteiger charge is 2.24. The molecule has 0 radical (unpaired) electrons. The van der Waals surface area contributed by atoms with E-state index in [1.165, 1.54) is 47.0 Å². The number of benzene rings is 6. The lowest BCUT2D eigenvalue weighted by atomic mass is 10.0. The van der Waals surface area contributed by atoms with E-state index in [1.807, 2.05) is 36.4 Å². The molecule has 0 bridgehead atoms. The Kier molecular flexibility index (Phi) is 16.2. The molecule has 432 valence electrons. The molecule has 5 N–H and O–H groups in total. The van der Waals surface area contributed by atoms with Gasteiger partial charge in [0.25, 0.3) is 42.2 Å². The molecule has 0 fully saturated rings. The molecule has 4 aromatic heterocycles. The zero-order valence-corrected chi connectivity index (χ0v) is 47.9. The second kappa shape index (κ2) is 22.8. The summed E-state index contributed by atoms with van der Waals surface area (Å²) < 4.78 is 133. The minimum Gasteiger partial charge on any atom is -0.346 e. The van der Waals surface area contributed by atoms with Gasteiger partial charge >= 0.3 is 10.6 Å². The first kappa shape index (κ1) is 59.4. The lowest BCUT2D eigenvalue weighted by Crippen LogP contribution is -2.15. The monoisotopic (exact) mass is 1220 g/mol. The number of rotatable bonds is 17. The van der Waals surface area contributed by atoms with Gasteiger partial charge in [0.15, 0.2) is 11.6 Å². The number of Topliss-reactive ketones (excluding diaryl/α,β-unsaturated/α-hetero) is 3. The van der Waals surface area contributed by atoms with Gasteiger partial charge in [-0.15, -0.1) is 12.6 Å². The van der Waals surface area contributed by atoms with E-state index in [2.05, 4.69) is 10.6 Å². The van der Waals surface area contributed by atoms with Crippen LogP contribution >= 0.6 is 0 Å². The molecule has 0 saturated carbocycles. The molecular weight excluding hydrogens is 1170 g/mol. The largest absolute Gasteiger partial charge is 0.425 e. The Morgan fingerprint density at radius 3 is 1.32 bits per heavy atom. The van der Waals surface area contributed by atoms with E-state index in [1.54, 1.807) is 90.7 Å². The number of amides is 2. The topological polar surface area (TPSA) is 343 Å². The minimum atomic E-state index is -4.97. The van der Waals surface area contributed by atoms with Crippen LogP contribution in [-0.4, -0.2) is 99.0 Å². The summed E-state index contributed by atoms with van der Waals surface area (Å²) in [6.45, 7) is 0. The summed E-state index contributed by atoms with van der Waals surface area (Å²) in [5, 5.41) is 7.66. The van der Waals surface area contributed by atoms with E-state index in [0.717, 1.165) is 39.0 Å². The van der Waals surface area contributed by atoms with E-state index in [9.17, 15) is 62.9 Å². The molecule has 0 aliphatic heterocycles. The van der Waals surface area contributed by atoms with Gasteiger partial charge < -0.3 is 28.9 Å². The first-order valence-electron chi connectivity index (χ1n) is 24.9. The fourth-order valence-electron chi connectivity index (χ4n) is 10.2. The van der Waals surface area contributed by atoms with E-state index < -0.39 is 62.6 Å². The number of nitrogens with zero attached hydrogens (tertiary/aromatic N) is 4. The van der Waals surface area contributed by atoms with Gasteiger partial charge in [-0.05, 0) is 124 Å². The number of ketones is 3. The third kappa shape index (κ3) is 12.9. The summed E-state index contributed by atoms with van der Waals surface area (Å²) in [6.07, 6.45) is 3.46. The number of nitrogens with one attached hydrogen (secondary N) is 2. The lowest BCUT2D eigenvalue weighted by Gasteiger charge is -2.10. The minimum absolute atomic E-state index is 0.0132. The van der Waals surface area contributed by atoms with Crippen molar-refractivity contribution in [1.29, 1.82) is 0 Å². The van der Waals surface area contributed by atoms with Gasteiger partial charge in [-0.1, -0.05) is 36.4 Å². The summed E-state index contributed by atoms with van der Waals surface area (Å²) in [6, 6.07) is 32.5. The van der Waals surface area contributed by atoms with Gasteiger partial charge in [-0.3, -0.25) is 37.6 Å². The number of fused-ring (bicyclic) bond motifs is 4. The molecule has 0 aliphatic carbocycles. The highest BCUT2D eigenvalue weighted by molar-refractivity contribution is 7.87. The SMILES string of the molecule is Cn1cc(CC(=O)c2cc3cc(CC(=O)Cc4ccc5c(c4)cc(C(=O)Cc4cc(C(=O)Nc6ccc7cc(S(=O)(=O)O)cc(S(=O)(=O)O)c7c6)n(C)c4)n5C)ccc3n2C)cc1C(=O)Nc1ccc2cccc(S(=O)(=O)O)c2c1.O=S(=O)=O. The second-order valence-corrected chi connectivity index (χ2v) is 24.4. The van der Waals surface area contributed by atoms with Crippen LogP contribution < -0.4 is 10.6 Å². The number of carbonyl (C=O) groups excluding carboxylic acids is 5. The van der Waals surface area contributed by atoms with Gasteiger partial charge in [0.2, 0.25) is 0 Å². The van der Waals surface area contributed by atoms with Crippen molar-refractivity contribution in [2.45, 2.75) is 40.4 Å². The van der Waals surface area contributed by atoms with Crippen molar-refractivity contribution in [1.82, 2.24) is 18.3 Å². The van der Waals surface area contributed by atoms with Crippen LogP contribution in [0.3, 0.4) is 0 Å². The van der Waals surface area contributed by atoms with Crippen LogP contribution in [-0.2, 0) is 99.6 Å². The molecule has 2 amide bonds. The summed E-state index contributed by atoms with van der Waals surface area (Å²) >= 11 is 0. The summed E-state index contributed by atoms with van der Waals surface area (Å²) in [5.41, 5.74) is 5.81. The number of aryl methyl sites for hydroxylation is 4. The van der Waals surface area contributed by atoms with Crippen LogP contribution in [0.25, 0.3) is 43.4 Å². The summed E-state index contributed by atoms with van der Waals surface area (Å²) in [4.78, 5) is 66.2. The molecule has 0 atom stereocenters. The molecule has 0 spiro atoms. The number of carbonyl (C=O) groups is 5. The maximum Gasteiger partial charge on any atom is 0.425 e. The van der Waals surface area contributed by atoms with Crippen molar-refractivity contribution in [3.8, 4) is 0 Å². The maximum atomic E-state index is 13.8. The van der Waals surface area contributed by atoms with Crippen molar-refractivity contribution >= 4 is 125 Å². The van der Waals surface area contributed by atoms with Gasteiger partial charge in [0.05, 0.1) is 16.3 Å². The van der Waals surface area contributed by atoms with Crippen LogP contribution in [0.15, 0.2) is 154 Å². The Labute approximate surface area is 480 Å². The Morgan fingerprint density at radius 1 is 0.440 bits per heavy atom. The van der Waals surface area contributed by atoms with Crippen molar-refractivity contribution in [2.24, 2.45) is 28.2 Å². The van der Waals surface area contributed by atoms with E-state index in [4.69, 9.17) is 12.6 Å². The van der Waals surface area contributed by atoms with Crippen LogP contribution in [0, 0.1) is 0 Å². The third-order valence-electron chi connectivity index (χ3n) is 14.0. The second-order valence-electron chi connectivity index (χ2n) is 19.8. The standard InChI is InChI=1S/C57H48N6O14S3.O3S/c1-60-30-34(20-50(60)56(67)58-40-12-10-36-6-5-7-54(44(36)27-40)79(72,73)74)22-52(65)48-25-38-16-32(8-14-46(38)62(48)3)18-42(64)19-33-9-15-47-39(17-33)26-49(63(47)4)53(66)23-35-21-51(61(2)31-35)57(68)59-41-13-11-37-24-43(78(69,70)71)29-55(45(37)28-41)80(75,76)77;1-4(2)3/h5-17,20-21,24-31H,18-19,22-23H2,1-4H3,(H,58,67)(H,59,68)(H,69,70,71)(H,72,73,74)(H,75,76,77);. The molecule has 0 aliphatic rings. The molecule has 10 aromatic rings. The van der Waals surface area contributed by atoms with E-state index in [0.29, 0.717) is 39.7 Å².